The minimum absolute atomic E-state index is 0.0409. The van der Waals surface area contributed by atoms with Crippen LogP contribution in [0.3, 0.4) is 0 Å². The van der Waals surface area contributed by atoms with Gasteiger partial charge in [0.25, 0.3) is 15.9 Å². The molecule has 0 atom stereocenters. The number of ether oxygens (including phenoxy) is 1. The Morgan fingerprint density at radius 2 is 1.62 bits per heavy atom. The summed E-state index contributed by atoms with van der Waals surface area (Å²) in [6, 6.07) is 12.8. The van der Waals surface area contributed by atoms with Gasteiger partial charge in [-0.3, -0.25) is 13.9 Å². The molecule has 9 heteroatoms. The summed E-state index contributed by atoms with van der Waals surface area (Å²) in [5, 5.41) is 0. The van der Waals surface area contributed by atoms with Crippen molar-refractivity contribution in [3.63, 3.8) is 0 Å². The number of piperazine rings is 1. The van der Waals surface area contributed by atoms with Crippen LogP contribution in [0.2, 0.25) is 0 Å². The molecule has 2 aromatic rings. The van der Waals surface area contributed by atoms with Crippen molar-refractivity contribution < 1.29 is 22.7 Å². The first-order chi connectivity index (χ1) is 16.1. The van der Waals surface area contributed by atoms with E-state index in [-0.39, 0.29) is 16.7 Å². The molecule has 0 aliphatic carbocycles. The van der Waals surface area contributed by atoms with Gasteiger partial charge in [-0.2, -0.15) is 0 Å². The van der Waals surface area contributed by atoms with E-state index < -0.39 is 10.0 Å². The molecule has 0 radical (unpaired) electrons. The number of amides is 2. The second kappa shape index (κ2) is 10.9. The maximum atomic E-state index is 13.2. The van der Waals surface area contributed by atoms with E-state index in [0.717, 1.165) is 6.42 Å². The van der Waals surface area contributed by atoms with Crippen molar-refractivity contribution in [3.8, 4) is 5.75 Å². The molecule has 1 fully saturated rings. The maximum Gasteiger partial charge on any atom is 0.264 e. The van der Waals surface area contributed by atoms with E-state index in [1.807, 2.05) is 0 Å². The maximum absolute atomic E-state index is 13.2. The van der Waals surface area contributed by atoms with Crippen LogP contribution in [0.1, 0.15) is 37.0 Å². The highest BCUT2D eigenvalue weighted by Gasteiger charge is 2.27. The summed E-state index contributed by atoms with van der Waals surface area (Å²) in [6.07, 6.45) is 1.37. The highest BCUT2D eigenvalue weighted by atomic mass is 32.2. The standard InChI is InChI=1S/C25H33N3O5S/c1-19(2)8-13-24(29)27-14-16-28(17-15-27)25(30)20-6-5-7-23(18-20)34(31,32)26(3)21-9-11-22(33-4)12-10-21/h5-7,9-12,18-19H,8,13-17H2,1-4H3. The zero-order valence-corrected chi connectivity index (χ0v) is 21.0. The number of anilines is 1. The Kier molecular flexibility index (Phi) is 8.19. The summed E-state index contributed by atoms with van der Waals surface area (Å²) in [7, 11) is -0.845. The van der Waals surface area contributed by atoms with Gasteiger partial charge in [0.2, 0.25) is 5.91 Å². The van der Waals surface area contributed by atoms with E-state index in [2.05, 4.69) is 13.8 Å². The quantitative estimate of drug-likeness (QED) is 0.571. The molecule has 8 nitrogen and oxygen atoms in total. The summed E-state index contributed by atoms with van der Waals surface area (Å²) < 4.78 is 32.7. The molecule has 1 saturated heterocycles. The summed E-state index contributed by atoms with van der Waals surface area (Å²) in [6.45, 7) is 6.01. The smallest absolute Gasteiger partial charge is 0.264 e. The summed E-state index contributed by atoms with van der Waals surface area (Å²) >= 11 is 0. The fraction of sp³-hybridized carbons (Fsp3) is 0.440. The number of hydrogen-bond acceptors (Lipinski definition) is 5. The van der Waals surface area contributed by atoms with Crippen LogP contribution >= 0.6 is 0 Å². The number of hydrogen-bond donors (Lipinski definition) is 0. The Morgan fingerprint density at radius 1 is 1.00 bits per heavy atom. The van der Waals surface area contributed by atoms with Crippen LogP contribution in [0.15, 0.2) is 53.4 Å². The monoisotopic (exact) mass is 487 g/mol. The van der Waals surface area contributed by atoms with Gasteiger partial charge in [-0.25, -0.2) is 8.42 Å². The Bertz CT molecular complexity index is 1110. The highest BCUT2D eigenvalue weighted by Crippen LogP contribution is 2.25. The number of rotatable bonds is 8. The zero-order valence-electron chi connectivity index (χ0n) is 20.2. The predicted molar refractivity (Wildman–Crippen MR) is 132 cm³/mol. The van der Waals surface area contributed by atoms with Gasteiger partial charge in [0, 0.05) is 45.2 Å². The molecule has 0 aromatic heterocycles. The van der Waals surface area contributed by atoms with E-state index in [4.69, 9.17) is 4.74 Å². The van der Waals surface area contributed by atoms with Crippen LogP contribution in [0.25, 0.3) is 0 Å². The zero-order chi connectivity index (χ0) is 24.9. The molecule has 1 aliphatic heterocycles. The minimum Gasteiger partial charge on any atom is -0.497 e. The largest absolute Gasteiger partial charge is 0.497 e. The number of methoxy groups -OCH3 is 1. The molecule has 1 aliphatic rings. The van der Waals surface area contributed by atoms with Crippen LogP contribution < -0.4 is 9.04 Å². The van der Waals surface area contributed by atoms with Gasteiger partial charge in [0.1, 0.15) is 5.75 Å². The van der Waals surface area contributed by atoms with Crippen molar-refractivity contribution in [1.29, 1.82) is 0 Å². The molecule has 0 bridgehead atoms. The molecule has 184 valence electrons. The second-order valence-corrected chi connectivity index (χ2v) is 10.8. The van der Waals surface area contributed by atoms with Gasteiger partial charge in [0.05, 0.1) is 17.7 Å². The van der Waals surface area contributed by atoms with Gasteiger partial charge in [-0.05, 0) is 54.8 Å². The van der Waals surface area contributed by atoms with E-state index in [1.165, 1.54) is 23.5 Å². The summed E-state index contributed by atoms with van der Waals surface area (Å²) in [5.74, 6) is 0.983. The molecule has 1 heterocycles. The molecule has 0 saturated carbocycles. The Labute approximate surface area is 202 Å². The van der Waals surface area contributed by atoms with E-state index in [0.29, 0.717) is 55.5 Å². The fourth-order valence-corrected chi connectivity index (χ4v) is 5.03. The van der Waals surface area contributed by atoms with Crippen molar-refractivity contribution in [1.82, 2.24) is 9.80 Å². The Balaban J connectivity index is 1.68. The van der Waals surface area contributed by atoms with E-state index in [9.17, 15) is 18.0 Å². The van der Waals surface area contributed by atoms with Crippen LogP contribution in [0, 0.1) is 5.92 Å². The third-order valence-electron chi connectivity index (χ3n) is 6.03. The first-order valence-electron chi connectivity index (χ1n) is 11.4. The molecular weight excluding hydrogens is 454 g/mol. The molecular formula is C25H33N3O5S. The first kappa shape index (κ1) is 25.6. The number of nitrogens with zero attached hydrogens (tertiary/aromatic N) is 3. The van der Waals surface area contributed by atoms with Crippen molar-refractivity contribution in [2.75, 3.05) is 44.6 Å². The lowest BCUT2D eigenvalue weighted by Gasteiger charge is -2.35. The lowest BCUT2D eigenvalue weighted by Crippen LogP contribution is -2.50. The van der Waals surface area contributed by atoms with Gasteiger partial charge < -0.3 is 14.5 Å². The van der Waals surface area contributed by atoms with Crippen LogP contribution in [0.5, 0.6) is 5.75 Å². The van der Waals surface area contributed by atoms with Gasteiger partial charge in [0.15, 0.2) is 0 Å². The van der Waals surface area contributed by atoms with Gasteiger partial charge in [-0.15, -0.1) is 0 Å². The molecule has 34 heavy (non-hydrogen) atoms. The number of carbonyl (C=O) groups is 2. The first-order valence-corrected chi connectivity index (χ1v) is 12.9. The molecule has 3 rings (SSSR count). The topological polar surface area (TPSA) is 87.2 Å². The minimum atomic E-state index is -3.86. The van der Waals surface area contributed by atoms with Crippen molar-refractivity contribution in [3.05, 3.63) is 54.1 Å². The molecule has 2 aromatic carbocycles. The summed E-state index contributed by atoms with van der Waals surface area (Å²) in [5.41, 5.74) is 0.791. The highest BCUT2D eigenvalue weighted by molar-refractivity contribution is 7.92. The van der Waals surface area contributed by atoms with E-state index in [1.54, 1.807) is 53.3 Å². The SMILES string of the molecule is COc1ccc(N(C)S(=O)(=O)c2cccc(C(=O)N3CCN(C(=O)CCC(C)C)CC3)c2)cc1. The normalized spacial score (nSPS) is 14.3. The summed E-state index contributed by atoms with van der Waals surface area (Å²) in [4.78, 5) is 29.0. The average molecular weight is 488 g/mol. The Morgan fingerprint density at radius 3 is 2.21 bits per heavy atom. The number of sulfonamides is 1. The van der Waals surface area contributed by atoms with E-state index >= 15 is 0 Å². The van der Waals surface area contributed by atoms with Gasteiger partial charge in [-0.1, -0.05) is 19.9 Å². The molecule has 0 spiro atoms. The van der Waals surface area contributed by atoms with Crippen molar-refractivity contribution >= 4 is 27.5 Å². The van der Waals surface area contributed by atoms with Gasteiger partial charge >= 0.3 is 0 Å². The van der Waals surface area contributed by atoms with Crippen LogP contribution in [-0.4, -0.2) is 70.4 Å². The fourth-order valence-electron chi connectivity index (χ4n) is 3.79. The Hall–Kier alpha value is -3.07. The second-order valence-electron chi connectivity index (χ2n) is 8.80. The third-order valence-corrected chi connectivity index (χ3v) is 7.81. The van der Waals surface area contributed by atoms with Crippen molar-refractivity contribution in [2.45, 2.75) is 31.6 Å². The molecule has 0 unspecified atom stereocenters. The predicted octanol–water partition coefficient (Wildman–Crippen LogP) is 3.24. The van der Waals surface area contributed by atoms with Crippen molar-refractivity contribution in [2.24, 2.45) is 5.92 Å². The van der Waals surface area contributed by atoms with Crippen LogP contribution in [0.4, 0.5) is 5.69 Å². The molecule has 2 amide bonds. The van der Waals surface area contributed by atoms with Crippen LogP contribution in [-0.2, 0) is 14.8 Å². The average Bonchev–Trinajstić information content (AvgIpc) is 2.86. The lowest BCUT2D eigenvalue weighted by molar-refractivity contribution is -0.132. The lowest BCUT2D eigenvalue weighted by atomic mass is 10.1. The third kappa shape index (κ3) is 5.88. The molecule has 0 N–H and O–H groups in total. The number of benzene rings is 2. The number of carbonyl (C=O) groups excluding carboxylic acids is 2.